The van der Waals surface area contributed by atoms with E-state index in [0.717, 1.165) is 24.9 Å². The first-order valence-corrected chi connectivity index (χ1v) is 7.49. The van der Waals surface area contributed by atoms with Gasteiger partial charge >= 0.3 is 0 Å². The van der Waals surface area contributed by atoms with Gasteiger partial charge in [0, 0.05) is 11.3 Å². The largest absolute Gasteiger partial charge is 0.496 e. The van der Waals surface area contributed by atoms with Crippen molar-refractivity contribution < 1.29 is 14.3 Å². The summed E-state index contributed by atoms with van der Waals surface area (Å²) in [5.41, 5.74) is 9.19. The van der Waals surface area contributed by atoms with Crippen molar-refractivity contribution in [3.05, 3.63) is 58.7 Å². The molecule has 0 bridgehead atoms. The van der Waals surface area contributed by atoms with Crippen LogP contribution < -0.4 is 15.8 Å². The molecule has 3 N–H and O–H groups in total. The van der Waals surface area contributed by atoms with Gasteiger partial charge in [0.15, 0.2) is 0 Å². The van der Waals surface area contributed by atoms with Crippen LogP contribution in [-0.2, 0) is 12.8 Å². The Balaban J connectivity index is 1.88. The van der Waals surface area contributed by atoms with Crippen molar-refractivity contribution >= 4 is 17.5 Å². The summed E-state index contributed by atoms with van der Waals surface area (Å²) in [4.78, 5) is 23.8. The molecular formula is C18H18N2O3. The Hall–Kier alpha value is -2.82. The zero-order valence-electron chi connectivity index (χ0n) is 12.9. The highest BCUT2D eigenvalue weighted by Gasteiger charge is 2.16. The van der Waals surface area contributed by atoms with Gasteiger partial charge in [0.25, 0.3) is 5.91 Å². The van der Waals surface area contributed by atoms with Gasteiger partial charge in [-0.05, 0) is 60.7 Å². The maximum absolute atomic E-state index is 12.5. The molecule has 2 aromatic carbocycles. The van der Waals surface area contributed by atoms with E-state index in [4.69, 9.17) is 10.5 Å². The number of carbonyl (C=O) groups is 2. The molecule has 23 heavy (non-hydrogen) atoms. The second-order valence-electron chi connectivity index (χ2n) is 5.57. The van der Waals surface area contributed by atoms with E-state index in [1.54, 1.807) is 6.07 Å². The second-order valence-corrected chi connectivity index (χ2v) is 5.57. The minimum atomic E-state index is -0.584. The number of hydrogen-bond donors (Lipinski definition) is 2. The molecular weight excluding hydrogens is 292 g/mol. The van der Waals surface area contributed by atoms with Crippen LogP contribution in [0.25, 0.3) is 0 Å². The van der Waals surface area contributed by atoms with Gasteiger partial charge < -0.3 is 15.8 Å². The molecule has 0 fully saturated rings. The number of nitrogens with two attached hydrogens (primary N) is 1. The third-order valence-electron chi connectivity index (χ3n) is 4.08. The lowest BCUT2D eigenvalue weighted by atomic mass is 10.1. The number of anilines is 1. The van der Waals surface area contributed by atoms with Crippen molar-refractivity contribution in [3.63, 3.8) is 0 Å². The summed E-state index contributed by atoms with van der Waals surface area (Å²) in [6.07, 6.45) is 3.29. The first-order valence-electron chi connectivity index (χ1n) is 7.49. The lowest BCUT2D eigenvalue weighted by molar-refractivity contribution is 0.1000. The standard InChI is InChI=1S/C18H18N2O3/c1-23-16-8-6-13(17(19)21)10-15(16)18(22)20-14-7-5-11-3-2-4-12(11)9-14/h5-10H,2-4H2,1H3,(H2,19,21)(H,20,22). The molecule has 0 spiro atoms. The van der Waals surface area contributed by atoms with Gasteiger partial charge in [-0.3, -0.25) is 9.59 Å². The average molecular weight is 310 g/mol. The molecule has 0 aromatic heterocycles. The number of nitrogens with one attached hydrogen (secondary N) is 1. The normalized spacial score (nSPS) is 12.6. The molecule has 0 saturated heterocycles. The number of rotatable bonds is 4. The van der Waals surface area contributed by atoms with E-state index in [0.29, 0.717) is 5.75 Å². The molecule has 3 rings (SSSR count). The number of carbonyl (C=O) groups excluding carboxylic acids is 2. The summed E-state index contributed by atoms with van der Waals surface area (Å²) < 4.78 is 5.20. The van der Waals surface area contributed by atoms with Gasteiger partial charge in [-0.1, -0.05) is 6.07 Å². The Morgan fingerprint density at radius 2 is 1.87 bits per heavy atom. The SMILES string of the molecule is COc1ccc(C(N)=O)cc1C(=O)Nc1ccc2c(c1)CCC2. The highest BCUT2D eigenvalue weighted by molar-refractivity contribution is 6.08. The summed E-state index contributed by atoms with van der Waals surface area (Å²) in [7, 11) is 1.48. The van der Waals surface area contributed by atoms with Gasteiger partial charge in [0.1, 0.15) is 5.75 Å². The number of ether oxygens (including phenoxy) is 1. The van der Waals surface area contributed by atoms with E-state index in [1.165, 1.54) is 30.4 Å². The summed E-state index contributed by atoms with van der Waals surface area (Å²) in [6, 6.07) is 10.5. The number of hydrogen-bond acceptors (Lipinski definition) is 3. The monoisotopic (exact) mass is 310 g/mol. The van der Waals surface area contributed by atoms with Crippen LogP contribution >= 0.6 is 0 Å². The van der Waals surface area contributed by atoms with E-state index in [9.17, 15) is 9.59 Å². The molecule has 2 aromatic rings. The van der Waals surface area contributed by atoms with Gasteiger partial charge in [-0.2, -0.15) is 0 Å². The van der Waals surface area contributed by atoms with Gasteiger partial charge in [-0.25, -0.2) is 0 Å². The van der Waals surface area contributed by atoms with Crippen molar-refractivity contribution in [2.24, 2.45) is 5.73 Å². The highest BCUT2D eigenvalue weighted by Crippen LogP contribution is 2.26. The third-order valence-corrected chi connectivity index (χ3v) is 4.08. The molecule has 1 aliphatic rings. The summed E-state index contributed by atoms with van der Waals surface area (Å²) in [5.74, 6) is -0.518. The Kier molecular flexibility index (Phi) is 4.02. The summed E-state index contributed by atoms with van der Waals surface area (Å²) in [6.45, 7) is 0. The molecule has 118 valence electrons. The van der Waals surface area contributed by atoms with Crippen molar-refractivity contribution in [2.45, 2.75) is 19.3 Å². The van der Waals surface area contributed by atoms with Gasteiger partial charge in [0.05, 0.1) is 12.7 Å². The lowest BCUT2D eigenvalue weighted by Crippen LogP contribution is -2.16. The second kappa shape index (κ2) is 6.12. The summed E-state index contributed by atoms with van der Waals surface area (Å²) in [5, 5.41) is 2.86. The topological polar surface area (TPSA) is 81.4 Å². The fourth-order valence-electron chi connectivity index (χ4n) is 2.89. The number of methoxy groups -OCH3 is 1. The highest BCUT2D eigenvalue weighted by atomic mass is 16.5. The molecule has 1 aliphatic carbocycles. The van der Waals surface area contributed by atoms with E-state index in [-0.39, 0.29) is 17.0 Å². The Bertz CT molecular complexity index is 784. The minimum Gasteiger partial charge on any atom is -0.496 e. The molecule has 0 saturated carbocycles. The average Bonchev–Trinajstić information content (AvgIpc) is 3.01. The maximum atomic E-state index is 12.5. The fraction of sp³-hybridized carbons (Fsp3) is 0.222. The smallest absolute Gasteiger partial charge is 0.259 e. The Labute approximate surface area is 134 Å². The Morgan fingerprint density at radius 1 is 1.09 bits per heavy atom. The molecule has 0 aliphatic heterocycles. The van der Waals surface area contributed by atoms with E-state index in [2.05, 4.69) is 11.4 Å². The van der Waals surface area contributed by atoms with Crippen LogP contribution in [0.4, 0.5) is 5.69 Å². The molecule has 0 heterocycles. The van der Waals surface area contributed by atoms with Gasteiger partial charge in [0.2, 0.25) is 5.91 Å². The quantitative estimate of drug-likeness (QED) is 0.910. The number of primary amides is 1. The van der Waals surface area contributed by atoms with E-state index in [1.807, 2.05) is 12.1 Å². The number of benzene rings is 2. The van der Waals surface area contributed by atoms with Crippen LogP contribution in [0.1, 0.15) is 38.3 Å². The number of aryl methyl sites for hydroxylation is 2. The van der Waals surface area contributed by atoms with Crippen molar-refractivity contribution in [2.75, 3.05) is 12.4 Å². The lowest BCUT2D eigenvalue weighted by Gasteiger charge is -2.11. The molecule has 5 nitrogen and oxygen atoms in total. The fourth-order valence-corrected chi connectivity index (χ4v) is 2.89. The first kappa shape index (κ1) is 15.1. The van der Waals surface area contributed by atoms with Crippen LogP contribution in [0.15, 0.2) is 36.4 Å². The van der Waals surface area contributed by atoms with Crippen LogP contribution in [0.3, 0.4) is 0 Å². The van der Waals surface area contributed by atoms with Crippen LogP contribution in [-0.4, -0.2) is 18.9 Å². The van der Waals surface area contributed by atoms with Crippen LogP contribution in [0.5, 0.6) is 5.75 Å². The predicted octanol–water partition coefficient (Wildman–Crippen LogP) is 2.54. The van der Waals surface area contributed by atoms with Crippen LogP contribution in [0, 0.1) is 0 Å². The molecule has 0 atom stereocenters. The van der Waals surface area contributed by atoms with Crippen molar-refractivity contribution in [1.29, 1.82) is 0 Å². The predicted molar refractivity (Wildman–Crippen MR) is 87.9 cm³/mol. The molecule has 5 heteroatoms. The van der Waals surface area contributed by atoms with Gasteiger partial charge in [-0.15, -0.1) is 0 Å². The summed E-state index contributed by atoms with van der Waals surface area (Å²) >= 11 is 0. The zero-order chi connectivity index (χ0) is 16.4. The number of amides is 2. The Morgan fingerprint density at radius 3 is 2.61 bits per heavy atom. The van der Waals surface area contributed by atoms with E-state index < -0.39 is 5.91 Å². The minimum absolute atomic E-state index is 0.268. The van der Waals surface area contributed by atoms with Crippen molar-refractivity contribution in [1.82, 2.24) is 0 Å². The molecule has 0 radical (unpaired) electrons. The molecule has 2 amide bonds. The van der Waals surface area contributed by atoms with Crippen molar-refractivity contribution in [3.8, 4) is 5.75 Å². The van der Waals surface area contributed by atoms with Crippen LogP contribution in [0.2, 0.25) is 0 Å². The number of fused-ring (bicyclic) bond motifs is 1. The maximum Gasteiger partial charge on any atom is 0.259 e. The first-order chi connectivity index (χ1) is 11.1. The third kappa shape index (κ3) is 3.04. The zero-order valence-corrected chi connectivity index (χ0v) is 12.9. The van der Waals surface area contributed by atoms with E-state index >= 15 is 0 Å². The molecule has 0 unspecified atom stereocenters.